The minimum Gasteiger partial charge on any atom is -0.465 e. The van der Waals surface area contributed by atoms with Crippen LogP contribution in [0.25, 0.3) is 10.8 Å². The lowest BCUT2D eigenvalue weighted by molar-refractivity contribution is -0.179. The first-order valence-electron chi connectivity index (χ1n) is 11.6. The van der Waals surface area contributed by atoms with Gasteiger partial charge in [0.15, 0.2) is 6.29 Å². The molecule has 0 saturated heterocycles. The van der Waals surface area contributed by atoms with Crippen molar-refractivity contribution in [3.8, 4) is 0 Å². The van der Waals surface area contributed by atoms with Crippen LogP contribution in [0.1, 0.15) is 45.6 Å². The Labute approximate surface area is 196 Å². The van der Waals surface area contributed by atoms with Gasteiger partial charge in [-0.05, 0) is 56.4 Å². The summed E-state index contributed by atoms with van der Waals surface area (Å²) in [6.07, 6.45) is 0.109. The number of unbranched alkanes of at least 4 members (excludes halogenated alkanes) is 1. The third-order valence-corrected chi connectivity index (χ3v) is 5.59. The highest BCUT2D eigenvalue weighted by Crippen LogP contribution is 2.23. The van der Waals surface area contributed by atoms with E-state index in [1.54, 1.807) is 4.90 Å². The molecule has 0 heterocycles. The maximum absolute atomic E-state index is 13.5. The maximum Gasteiger partial charge on any atom is 0.404 e. The lowest BCUT2D eigenvalue weighted by Crippen LogP contribution is -2.52. The van der Waals surface area contributed by atoms with E-state index in [0.717, 1.165) is 16.3 Å². The van der Waals surface area contributed by atoms with E-state index >= 15 is 0 Å². The van der Waals surface area contributed by atoms with Crippen molar-refractivity contribution in [1.82, 2.24) is 10.2 Å². The predicted octanol–water partition coefficient (Wildman–Crippen LogP) is 3.72. The second-order valence-corrected chi connectivity index (χ2v) is 7.96. The third-order valence-electron chi connectivity index (χ3n) is 5.59. The topological polar surface area (TPSA) is 114 Å². The zero-order valence-corrected chi connectivity index (χ0v) is 19.8. The average molecular weight is 460 g/mol. The van der Waals surface area contributed by atoms with E-state index < -0.39 is 18.4 Å². The van der Waals surface area contributed by atoms with Crippen molar-refractivity contribution in [1.29, 1.82) is 0 Å². The van der Waals surface area contributed by atoms with Crippen LogP contribution in [0.15, 0.2) is 42.5 Å². The van der Waals surface area contributed by atoms with Gasteiger partial charge >= 0.3 is 6.09 Å². The molecule has 2 aromatic rings. The van der Waals surface area contributed by atoms with Crippen LogP contribution in [0.3, 0.4) is 0 Å². The minimum atomic E-state index is -1.05. The van der Waals surface area contributed by atoms with E-state index in [-0.39, 0.29) is 11.9 Å². The number of carbonyl (C=O) groups is 2. The SMILES string of the molecule is CCOC(OCC)[C@@H](C)N(Cc1cccc2ccccc12)C(=O)[C@@H](N)CCCCNC(=O)O. The summed E-state index contributed by atoms with van der Waals surface area (Å²) in [7, 11) is 0. The molecular formula is C25H37N3O5. The lowest BCUT2D eigenvalue weighted by Gasteiger charge is -2.36. The molecule has 0 saturated carbocycles. The van der Waals surface area contributed by atoms with Crippen LogP contribution < -0.4 is 11.1 Å². The van der Waals surface area contributed by atoms with Crippen molar-refractivity contribution in [3.63, 3.8) is 0 Å². The standard InChI is InChI=1S/C25H37N3O5/c1-4-32-24(33-5-2)18(3)28(23(29)22(26)15-8-9-16-27-25(30)31)17-20-13-10-12-19-11-6-7-14-21(19)20/h6-7,10-14,18,22,24,27H,4-5,8-9,15-17,26H2,1-3H3,(H,30,31)/t18-,22+/m1/s1. The third kappa shape index (κ3) is 7.99. The highest BCUT2D eigenvalue weighted by Gasteiger charge is 2.31. The fourth-order valence-corrected chi connectivity index (χ4v) is 3.86. The number of ether oxygens (including phenoxy) is 2. The molecule has 2 aromatic carbocycles. The minimum absolute atomic E-state index is 0.175. The Morgan fingerprint density at radius 3 is 2.39 bits per heavy atom. The van der Waals surface area contributed by atoms with Crippen LogP contribution >= 0.6 is 0 Å². The van der Waals surface area contributed by atoms with Gasteiger partial charge in [-0.1, -0.05) is 42.5 Å². The molecular weight excluding hydrogens is 422 g/mol. The second-order valence-electron chi connectivity index (χ2n) is 7.96. The number of hydrogen-bond acceptors (Lipinski definition) is 5. The summed E-state index contributed by atoms with van der Waals surface area (Å²) < 4.78 is 11.6. The summed E-state index contributed by atoms with van der Waals surface area (Å²) >= 11 is 0. The molecule has 0 unspecified atom stereocenters. The number of rotatable bonds is 14. The van der Waals surface area contributed by atoms with Crippen molar-refractivity contribution in [3.05, 3.63) is 48.0 Å². The normalized spacial score (nSPS) is 13.1. The van der Waals surface area contributed by atoms with Gasteiger partial charge in [-0.15, -0.1) is 0 Å². The fraction of sp³-hybridized carbons (Fsp3) is 0.520. The van der Waals surface area contributed by atoms with Crippen molar-refractivity contribution in [2.75, 3.05) is 19.8 Å². The molecule has 4 N–H and O–H groups in total. The highest BCUT2D eigenvalue weighted by atomic mass is 16.7. The summed E-state index contributed by atoms with van der Waals surface area (Å²) in [5.41, 5.74) is 7.33. The summed E-state index contributed by atoms with van der Waals surface area (Å²) in [5.74, 6) is -0.175. The number of carbonyl (C=O) groups excluding carboxylic acids is 1. The monoisotopic (exact) mass is 459 g/mol. The zero-order chi connectivity index (χ0) is 24.2. The fourth-order valence-electron chi connectivity index (χ4n) is 3.86. The number of hydrogen-bond donors (Lipinski definition) is 3. The van der Waals surface area contributed by atoms with Crippen molar-refractivity contribution >= 4 is 22.8 Å². The number of nitrogens with two attached hydrogens (primary N) is 1. The number of carboxylic acid groups (broad SMARTS) is 1. The number of benzene rings is 2. The smallest absolute Gasteiger partial charge is 0.404 e. The van der Waals surface area contributed by atoms with Crippen LogP contribution in [0.4, 0.5) is 4.79 Å². The Kier molecular flexibility index (Phi) is 11.1. The Hall–Kier alpha value is -2.68. The number of amides is 2. The molecule has 182 valence electrons. The first kappa shape index (κ1) is 26.6. The Bertz CT molecular complexity index is 880. The van der Waals surface area contributed by atoms with E-state index in [2.05, 4.69) is 23.5 Å². The second kappa shape index (κ2) is 13.8. The van der Waals surface area contributed by atoms with Crippen LogP contribution in [-0.2, 0) is 20.8 Å². The molecule has 0 aliphatic heterocycles. The van der Waals surface area contributed by atoms with Crippen LogP contribution in [0.5, 0.6) is 0 Å². The van der Waals surface area contributed by atoms with Gasteiger partial charge in [-0.2, -0.15) is 0 Å². The molecule has 0 aliphatic rings. The van der Waals surface area contributed by atoms with Gasteiger partial charge in [-0.3, -0.25) is 4.79 Å². The van der Waals surface area contributed by atoms with Gasteiger partial charge in [-0.25, -0.2) is 4.79 Å². The molecule has 8 nitrogen and oxygen atoms in total. The van der Waals surface area contributed by atoms with Gasteiger partial charge in [0, 0.05) is 26.3 Å². The van der Waals surface area contributed by atoms with E-state index in [0.29, 0.717) is 45.6 Å². The molecule has 0 aromatic heterocycles. The summed E-state index contributed by atoms with van der Waals surface area (Å²) in [4.78, 5) is 25.8. The Morgan fingerprint density at radius 2 is 1.73 bits per heavy atom. The molecule has 8 heteroatoms. The first-order chi connectivity index (χ1) is 15.9. The van der Waals surface area contributed by atoms with E-state index in [1.165, 1.54) is 0 Å². The summed E-state index contributed by atoms with van der Waals surface area (Å²) in [6.45, 7) is 7.36. The van der Waals surface area contributed by atoms with E-state index in [1.807, 2.05) is 45.0 Å². The molecule has 2 amide bonds. The molecule has 2 atom stereocenters. The molecule has 0 radical (unpaired) electrons. The van der Waals surface area contributed by atoms with Crippen LogP contribution in [0.2, 0.25) is 0 Å². The molecule has 2 rings (SSSR count). The van der Waals surface area contributed by atoms with E-state index in [9.17, 15) is 9.59 Å². The van der Waals surface area contributed by atoms with Crippen LogP contribution in [-0.4, -0.2) is 60.1 Å². The van der Waals surface area contributed by atoms with Crippen molar-refractivity contribution in [2.24, 2.45) is 5.73 Å². The summed E-state index contributed by atoms with van der Waals surface area (Å²) in [5, 5.41) is 13.2. The quantitative estimate of drug-likeness (QED) is 0.293. The highest BCUT2D eigenvalue weighted by molar-refractivity contribution is 5.87. The van der Waals surface area contributed by atoms with Crippen molar-refractivity contribution in [2.45, 2.75) is 65.0 Å². The Morgan fingerprint density at radius 1 is 1.06 bits per heavy atom. The molecule has 0 aliphatic carbocycles. The Balaban J connectivity index is 2.22. The number of nitrogens with one attached hydrogen (secondary N) is 1. The molecule has 0 fully saturated rings. The largest absolute Gasteiger partial charge is 0.465 e. The van der Waals surface area contributed by atoms with Crippen molar-refractivity contribution < 1.29 is 24.2 Å². The molecule has 0 spiro atoms. The zero-order valence-electron chi connectivity index (χ0n) is 19.8. The van der Waals surface area contributed by atoms with Gasteiger partial charge in [0.2, 0.25) is 5.91 Å². The maximum atomic E-state index is 13.5. The van der Waals surface area contributed by atoms with Gasteiger partial charge in [0.25, 0.3) is 0 Å². The molecule has 33 heavy (non-hydrogen) atoms. The van der Waals surface area contributed by atoms with E-state index in [4.69, 9.17) is 20.3 Å². The molecule has 0 bridgehead atoms. The lowest BCUT2D eigenvalue weighted by atomic mass is 10.0. The number of nitrogens with zero attached hydrogens (tertiary/aromatic N) is 1. The van der Waals surface area contributed by atoms with Crippen LogP contribution in [0, 0.1) is 0 Å². The summed E-state index contributed by atoms with van der Waals surface area (Å²) in [6, 6.07) is 13.1. The van der Waals surface area contributed by atoms with Gasteiger partial charge < -0.3 is 30.5 Å². The van der Waals surface area contributed by atoms with Gasteiger partial charge in [0.1, 0.15) is 0 Å². The average Bonchev–Trinajstić information content (AvgIpc) is 2.81. The van der Waals surface area contributed by atoms with Gasteiger partial charge in [0.05, 0.1) is 12.1 Å². The first-order valence-corrected chi connectivity index (χ1v) is 11.6. The number of fused-ring (bicyclic) bond motifs is 1. The predicted molar refractivity (Wildman–Crippen MR) is 129 cm³/mol.